The molecular formula is C20H39NO3Si2. The van der Waals surface area contributed by atoms with E-state index in [1.165, 1.54) is 5.56 Å². The van der Waals surface area contributed by atoms with E-state index >= 15 is 0 Å². The van der Waals surface area contributed by atoms with Crippen LogP contribution in [-0.2, 0) is 19.8 Å². The van der Waals surface area contributed by atoms with E-state index < -0.39 is 17.6 Å². The summed E-state index contributed by atoms with van der Waals surface area (Å²) in [7, 11) is -3.72. The molecule has 0 aliphatic heterocycles. The maximum Gasteiger partial charge on any atom is 0.515 e. The van der Waals surface area contributed by atoms with Gasteiger partial charge in [0, 0.05) is 31.0 Å². The average molecular weight is 398 g/mol. The Kier molecular flexibility index (Phi) is 9.71. The zero-order valence-corrected chi connectivity index (χ0v) is 20.2. The van der Waals surface area contributed by atoms with Crippen LogP contribution in [0.25, 0.3) is 0 Å². The fourth-order valence-electron chi connectivity index (χ4n) is 2.67. The average Bonchev–Trinajstić information content (AvgIpc) is 2.54. The van der Waals surface area contributed by atoms with Gasteiger partial charge in [-0.05, 0) is 47.1 Å². The molecule has 0 saturated carbocycles. The van der Waals surface area contributed by atoms with Crippen LogP contribution < -0.4 is 0 Å². The Morgan fingerprint density at radius 3 is 2.00 bits per heavy atom. The van der Waals surface area contributed by atoms with Crippen LogP contribution in [0.15, 0.2) is 30.3 Å². The summed E-state index contributed by atoms with van der Waals surface area (Å²) in [5.74, 6) is 0. The van der Waals surface area contributed by atoms with Crippen LogP contribution in [0.1, 0.15) is 47.1 Å². The van der Waals surface area contributed by atoms with Gasteiger partial charge in [-0.3, -0.25) is 4.90 Å². The van der Waals surface area contributed by atoms with Crippen molar-refractivity contribution < 1.29 is 13.3 Å². The van der Waals surface area contributed by atoms with E-state index in [1.807, 2.05) is 13.8 Å². The van der Waals surface area contributed by atoms with Crippen molar-refractivity contribution in [3.05, 3.63) is 35.9 Å². The predicted octanol–water partition coefficient (Wildman–Crippen LogP) is 4.27. The van der Waals surface area contributed by atoms with Gasteiger partial charge in [0.1, 0.15) is 0 Å². The Morgan fingerprint density at radius 2 is 1.58 bits per heavy atom. The van der Waals surface area contributed by atoms with E-state index in [2.05, 4.69) is 76.0 Å². The van der Waals surface area contributed by atoms with Crippen molar-refractivity contribution in [1.82, 2.24) is 4.90 Å². The highest BCUT2D eigenvalue weighted by molar-refractivity contribution is 6.64. The third kappa shape index (κ3) is 7.62. The fourth-order valence-corrected chi connectivity index (χ4v) is 7.35. The molecule has 0 fully saturated rings. The lowest BCUT2D eigenvalue weighted by molar-refractivity contribution is 0.0293. The first-order valence-corrected chi connectivity index (χ1v) is 14.8. The molecule has 0 aliphatic carbocycles. The molecule has 0 spiro atoms. The molecule has 1 rings (SSSR count). The first kappa shape index (κ1) is 23.5. The quantitative estimate of drug-likeness (QED) is 0.522. The van der Waals surface area contributed by atoms with E-state index in [0.29, 0.717) is 19.4 Å². The minimum atomic E-state index is -2.79. The van der Waals surface area contributed by atoms with Crippen molar-refractivity contribution in [3.63, 3.8) is 0 Å². The summed E-state index contributed by atoms with van der Waals surface area (Å²) in [4.78, 5) is 2.44. The molecule has 1 aromatic carbocycles. The topological polar surface area (TPSA) is 30.9 Å². The van der Waals surface area contributed by atoms with Gasteiger partial charge >= 0.3 is 8.80 Å². The van der Waals surface area contributed by atoms with Crippen LogP contribution >= 0.6 is 0 Å². The SMILES string of the molecule is CCO[Si](CN(Cc1ccccc1)C(C)(C)C)(OCC)OC(C)[SiH](C)C. The van der Waals surface area contributed by atoms with Crippen LogP contribution in [-0.4, -0.2) is 53.1 Å². The monoisotopic (exact) mass is 397 g/mol. The lowest BCUT2D eigenvalue weighted by Crippen LogP contribution is -2.60. The van der Waals surface area contributed by atoms with Gasteiger partial charge in [0.2, 0.25) is 0 Å². The standard InChI is InChI=1S/C20H39NO3Si2/c1-9-22-26(23-10-2,24-18(3)25(7)8)17-21(20(4,5)6)16-19-14-12-11-13-15-19/h11-15,18,25H,9-10,16-17H2,1-8H3. The van der Waals surface area contributed by atoms with Crippen molar-refractivity contribution in [2.45, 2.75) is 72.4 Å². The van der Waals surface area contributed by atoms with Gasteiger partial charge in [0.25, 0.3) is 0 Å². The largest absolute Gasteiger partial charge is 0.515 e. The van der Waals surface area contributed by atoms with Crippen LogP contribution in [0, 0.1) is 0 Å². The molecule has 0 aromatic heterocycles. The summed E-state index contributed by atoms with van der Waals surface area (Å²) in [5, 5.41) is 0. The molecule has 0 amide bonds. The van der Waals surface area contributed by atoms with Gasteiger partial charge in [0.05, 0.1) is 15.0 Å². The summed E-state index contributed by atoms with van der Waals surface area (Å²) in [6.45, 7) is 19.7. The second-order valence-corrected chi connectivity index (χ2v) is 14.1. The number of nitrogens with zero attached hydrogens (tertiary/aromatic N) is 1. The molecule has 0 aliphatic rings. The Bertz CT molecular complexity index is 500. The highest BCUT2D eigenvalue weighted by Crippen LogP contribution is 2.23. The second-order valence-electron chi connectivity index (χ2n) is 8.13. The fraction of sp³-hybridized carbons (Fsp3) is 0.700. The van der Waals surface area contributed by atoms with Crippen LogP contribution in [0.4, 0.5) is 0 Å². The highest BCUT2D eigenvalue weighted by atomic mass is 28.4. The van der Waals surface area contributed by atoms with Crippen LogP contribution in [0.2, 0.25) is 13.1 Å². The predicted molar refractivity (Wildman–Crippen MR) is 115 cm³/mol. The maximum atomic E-state index is 6.56. The van der Waals surface area contributed by atoms with Gasteiger partial charge in [-0.25, -0.2) is 0 Å². The van der Waals surface area contributed by atoms with Crippen molar-refractivity contribution in [1.29, 1.82) is 0 Å². The molecule has 0 heterocycles. The molecule has 0 saturated heterocycles. The normalized spacial score (nSPS) is 14.2. The molecule has 4 nitrogen and oxygen atoms in total. The number of rotatable bonds is 11. The Labute approximate surface area is 163 Å². The summed E-state index contributed by atoms with van der Waals surface area (Å²) in [6, 6.07) is 10.6. The molecule has 0 N–H and O–H groups in total. The van der Waals surface area contributed by atoms with Crippen molar-refractivity contribution in [2.75, 3.05) is 19.4 Å². The first-order valence-electron chi connectivity index (χ1n) is 9.88. The van der Waals surface area contributed by atoms with Crippen LogP contribution in [0.3, 0.4) is 0 Å². The highest BCUT2D eigenvalue weighted by Gasteiger charge is 2.46. The number of benzene rings is 1. The van der Waals surface area contributed by atoms with Crippen molar-refractivity contribution >= 4 is 17.6 Å². The summed E-state index contributed by atoms with van der Waals surface area (Å²) < 4.78 is 19.0. The molecule has 26 heavy (non-hydrogen) atoms. The molecule has 0 bridgehead atoms. The molecule has 6 heteroatoms. The smallest absolute Gasteiger partial charge is 0.374 e. The third-order valence-corrected chi connectivity index (χ3v) is 9.83. The molecule has 150 valence electrons. The van der Waals surface area contributed by atoms with Crippen LogP contribution in [0.5, 0.6) is 0 Å². The molecule has 1 aromatic rings. The Hall–Kier alpha value is -0.506. The molecule has 0 radical (unpaired) electrons. The minimum absolute atomic E-state index is 0.00977. The minimum Gasteiger partial charge on any atom is -0.374 e. The lowest BCUT2D eigenvalue weighted by Gasteiger charge is -2.42. The van der Waals surface area contributed by atoms with Gasteiger partial charge in [-0.15, -0.1) is 0 Å². The van der Waals surface area contributed by atoms with E-state index in [0.717, 1.165) is 6.54 Å². The maximum absolute atomic E-state index is 6.56. The van der Waals surface area contributed by atoms with E-state index in [4.69, 9.17) is 13.3 Å². The molecular weight excluding hydrogens is 358 g/mol. The Morgan fingerprint density at radius 1 is 1.04 bits per heavy atom. The summed E-state index contributed by atoms with van der Waals surface area (Å²) in [5.41, 5.74) is 1.52. The zero-order valence-electron chi connectivity index (χ0n) is 18.0. The third-order valence-electron chi connectivity index (χ3n) is 4.58. The van der Waals surface area contributed by atoms with Gasteiger partial charge in [-0.2, -0.15) is 0 Å². The Balaban J connectivity index is 3.11. The lowest BCUT2D eigenvalue weighted by atomic mass is 10.1. The molecule has 1 atom stereocenters. The van der Waals surface area contributed by atoms with E-state index in [9.17, 15) is 0 Å². The van der Waals surface area contributed by atoms with Gasteiger partial charge < -0.3 is 13.3 Å². The summed E-state index contributed by atoms with van der Waals surface area (Å²) in [6.07, 6.45) is 0.707. The zero-order chi connectivity index (χ0) is 19.8. The van der Waals surface area contributed by atoms with Gasteiger partial charge in [-0.1, -0.05) is 43.4 Å². The molecule has 1 unspecified atom stereocenters. The van der Waals surface area contributed by atoms with Crippen molar-refractivity contribution in [3.8, 4) is 0 Å². The number of hydrogen-bond donors (Lipinski definition) is 0. The van der Waals surface area contributed by atoms with E-state index in [-0.39, 0.29) is 11.3 Å². The number of hydrogen-bond acceptors (Lipinski definition) is 4. The second kappa shape index (κ2) is 10.7. The van der Waals surface area contributed by atoms with E-state index in [1.54, 1.807) is 0 Å². The first-order chi connectivity index (χ1) is 12.1. The van der Waals surface area contributed by atoms with Crippen molar-refractivity contribution in [2.24, 2.45) is 0 Å². The van der Waals surface area contributed by atoms with Gasteiger partial charge in [0.15, 0.2) is 0 Å². The summed E-state index contributed by atoms with van der Waals surface area (Å²) >= 11 is 0.